The second-order valence-corrected chi connectivity index (χ2v) is 5.56. The summed E-state index contributed by atoms with van der Waals surface area (Å²) in [6.45, 7) is 6.64. The van der Waals surface area contributed by atoms with Gasteiger partial charge in [-0.05, 0) is 12.8 Å². The summed E-state index contributed by atoms with van der Waals surface area (Å²) in [5.74, 6) is 0.235. The maximum absolute atomic E-state index is 12.2. The van der Waals surface area contributed by atoms with Crippen LogP contribution in [-0.2, 0) is 4.79 Å². The fraction of sp³-hybridized carbons (Fsp3) is 0.923. The lowest BCUT2D eigenvalue weighted by Crippen LogP contribution is -2.52. The first kappa shape index (κ1) is 14.7. The first-order valence-corrected chi connectivity index (χ1v) is 7.28. The molecular formula is C13H26N4O2. The molecule has 0 spiro atoms. The largest absolute Gasteiger partial charge is 0.395 e. The summed E-state index contributed by atoms with van der Waals surface area (Å²) in [5.41, 5.74) is 5.87. The number of piperazine rings is 1. The van der Waals surface area contributed by atoms with Gasteiger partial charge in [-0.1, -0.05) is 0 Å². The fourth-order valence-corrected chi connectivity index (χ4v) is 2.76. The molecule has 0 atom stereocenters. The molecule has 2 fully saturated rings. The number of hydrogen-bond donors (Lipinski definition) is 2. The molecule has 0 aromatic carbocycles. The number of carbonyl (C=O) groups is 1. The van der Waals surface area contributed by atoms with Gasteiger partial charge in [0.15, 0.2) is 0 Å². The molecule has 0 aromatic heterocycles. The maximum Gasteiger partial charge on any atom is 0.236 e. The zero-order valence-electron chi connectivity index (χ0n) is 11.6. The van der Waals surface area contributed by atoms with Crippen LogP contribution >= 0.6 is 0 Å². The molecule has 3 N–H and O–H groups in total. The van der Waals surface area contributed by atoms with Crippen molar-refractivity contribution in [2.75, 3.05) is 59.0 Å². The summed E-state index contributed by atoms with van der Waals surface area (Å²) in [5, 5.41) is 8.89. The third-order valence-corrected chi connectivity index (χ3v) is 4.13. The number of β-amino-alcohol motifs (C(OH)–C–C–N with tert-alkyl or cyclic N) is 1. The highest BCUT2D eigenvalue weighted by Gasteiger charge is 2.24. The van der Waals surface area contributed by atoms with Gasteiger partial charge < -0.3 is 15.7 Å². The van der Waals surface area contributed by atoms with Crippen molar-refractivity contribution in [3.05, 3.63) is 0 Å². The fourth-order valence-electron chi connectivity index (χ4n) is 2.76. The van der Waals surface area contributed by atoms with Crippen LogP contribution in [0.15, 0.2) is 0 Å². The van der Waals surface area contributed by atoms with E-state index in [0.29, 0.717) is 19.1 Å². The Morgan fingerprint density at radius 2 is 1.68 bits per heavy atom. The number of piperidine rings is 1. The van der Waals surface area contributed by atoms with Crippen molar-refractivity contribution in [2.24, 2.45) is 5.73 Å². The maximum atomic E-state index is 12.2. The number of rotatable bonds is 4. The van der Waals surface area contributed by atoms with Crippen molar-refractivity contribution in [3.8, 4) is 0 Å². The van der Waals surface area contributed by atoms with Crippen LogP contribution in [0.5, 0.6) is 0 Å². The van der Waals surface area contributed by atoms with E-state index in [1.807, 2.05) is 4.90 Å². The lowest BCUT2D eigenvalue weighted by molar-refractivity contribution is -0.134. The van der Waals surface area contributed by atoms with Gasteiger partial charge in [0, 0.05) is 51.9 Å². The van der Waals surface area contributed by atoms with Gasteiger partial charge >= 0.3 is 0 Å². The Balaban J connectivity index is 1.69. The molecule has 19 heavy (non-hydrogen) atoms. The van der Waals surface area contributed by atoms with E-state index >= 15 is 0 Å². The molecule has 0 bridgehead atoms. The Morgan fingerprint density at radius 1 is 1.05 bits per heavy atom. The number of amides is 1. The number of nitrogens with zero attached hydrogens (tertiary/aromatic N) is 3. The molecule has 2 heterocycles. The van der Waals surface area contributed by atoms with E-state index < -0.39 is 0 Å². The molecule has 6 nitrogen and oxygen atoms in total. The molecule has 6 heteroatoms. The van der Waals surface area contributed by atoms with Gasteiger partial charge in [0.1, 0.15) is 0 Å². The van der Waals surface area contributed by atoms with E-state index in [1.54, 1.807) is 0 Å². The Kier molecular flexibility index (Phi) is 5.57. The van der Waals surface area contributed by atoms with Crippen LogP contribution in [0.2, 0.25) is 0 Å². The summed E-state index contributed by atoms with van der Waals surface area (Å²) >= 11 is 0. The van der Waals surface area contributed by atoms with Crippen molar-refractivity contribution < 1.29 is 9.90 Å². The second kappa shape index (κ2) is 7.19. The Hall–Kier alpha value is -0.690. The van der Waals surface area contributed by atoms with Crippen LogP contribution in [0, 0.1) is 0 Å². The number of nitrogens with two attached hydrogens (primary N) is 1. The lowest BCUT2D eigenvalue weighted by atomic mass is 10.1. The third kappa shape index (κ3) is 4.42. The van der Waals surface area contributed by atoms with Crippen molar-refractivity contribution in [2.45, 2.75) is 18.9 Å². The molecule has 2 rings (SSSR count). The quantitative estimate of drug-likeness (QED) is 0.654. The van der Waals surface area contributed by atoms with Crippen molar-refractivity contribution in [3.63, 3.8) is 0 Å². The highest BCUT2D eigenvalue weighted by atomic mass is 16.3. The predicted octanol–water partition coefficient (Wildman–Crippen LogP) is -1.45. The minimum Gasteiger partial charge on any atom is -0.395 e. The smallest absolute Gasteiger partial charge is 0.236 e. The standard InChI is InChI=1S/C13H26N4O2/c14-12-1-3-16(4-2-12)11-13(19)17-7-5-15(6-8-17)9-10-18/h12,18H,1-11,14H2. The summed E-state index contributed by atoms with van der Waals surface area (Å²) in [4.78, 5) is 18.6. The van der Waals surface area contributed by atoms with Gasteiger partial charge in [-0.15, -0.1) is 0 Å². The molecule has 0 aliphatic carbocycles. The van der Waals surface area contributed by atoms with E-state index in [-0.39, 0.29) is 12.5 Å². The Labute approximate surface area is 115 Å². The van der Waals surface area contributed by atoms with E-state index in [0.717, 1.165) is 52.1 Å². The van der Waals surface area contributed by atoms with Crippen LogP contribution in [0.25, 0.3) is 0 Å². The Morgan fingerprint density at radius 3 is 2.26 bits per heavy atom. The minimum atomic E-state index is 0.196. The molecule has 2 saturated heterocycles. The summed E-state index contributed by atoms with van der Waals surface area (Å²) in [7, 11) is 0. The molecule has 1 amide bonds. The molecule has 0 unspecified atom stereocenters. The number of likely N-dealkylation sites (tertiary alicyclic amines) is 1. The Bertz CT molecular complexity index is 284. The van der Waals surface area contributed by atoms with Crippen molar-refractivity contribution >= 4 is 5.91 Å². The van der Waals surface area contributed by atoms with Gasteiger partial charge in [-0.3, -0.25) is 14.6 Å². The molecular weight excluding hydrogens is 244 g/mol. The van der Waals surface area contributed by atoms with Crippen LogP contribution < -0.4 is 5.73 Å². The zero-order valence-corrected chi connectivity index (χ0v) is 11.6. The number of aliphatic hydroxyl groups excluding tert-OH is 1. The normalized spacial score (nSPS) is 23.8. The van der Waals surface area contributed by atoms with Crippen LogP contribution in [0.3, 0.4) is 0 Å². The van der Waals surface area contributed by atoms with Gasteiger partial charge in [-0.2, -0.15) is 0 Å². The molecule has 0 radical (unpaired) electrons. The molecule has 110 valence electrons. The molecule has 2 aliphatic rings. The van der Waals surface area contributed by atoms with Gasteiger partial charge in [0.25, 0.3) is 0 Å². The molecule has 2 aliphatic heterocycles. The molecule has 0 saturated carbocycles. The van der Waals surface area contributed by atoms with Gasteiger partial charge in [0.2, 0.25) is 5.91 Å². The topological polar surface area (TPSA) is 73.0 Å². The van der Waals surface area contributed by atoms with Crippen LogP contribution in [-0.4, -0.2) is 90.7 Å². The predicted molar refractivity (Wildman–Crippen MR) is 73.8 cm³/mol. The van der Waals surface area contributed by atoms with E-state index in [1.165, 1.54) is 0 Å². The highest BCUT2D eigenvalue weighted by Crippen LogP contribution is 2.09. The van der Waals surface area contributed by atoms with Crippen molar-refractivity contribution in [1.82, 2.24) is 14.7 Å². The summed E-state index contributed by atoms with van der Waals surface area (Å²) < 4.78 is 0. The summed E-state index contributed by atoms with van der Waals surface area (Å²) in [6.07, 6.45) is 2.00. The number of aliphatic hydroxyl groups is 1. The molecule has 0 aromatic rings. The van der Waals surface area contributed by atoms with Crippen LogP contribution in [0.1, 0.15) is 12.8 Å². The number of carbonyl (C=O) groups excluding carboxylic acids is 1. The lowest BCUT2D eigenvalue weighted by Gasteiger charge is -2.36. The first-order valence-electron chi connectivity index (χ1n) is 7.28. The monoisotopic (exact) mass is 270 g/mol. The SMILES string of the molecule is NC1CCN(CC(=O)N2CCN(CCO)CC2)CC1. The van der Waals surface area contributed by atoms with E-state index in [4.69, 9.17) is 10.8 Å². The third-order valence-electron chi connectivity index (χ3n) is 4.13. The first-order chi connectivity index (χ1) is 9.19. The van der Waals surface area contributed by atoms with Gasteiger partial charge in [-0.25, -0.2) is 0 Å². The van der Waals surface area contributed by atoms with Crippen molar-refractivity contribution in [1.29, 1.82) is 0 Å². The average Bonchev–Trinajstić information content (AvgIpc) is 2.42. The number of hydrogen-bond acceptors (Lipinski definition) is 5. The summed E-state index contributed by atoms with van der Waals surface area (Å²) in [6, 6.07) is 0.313. The van der Waals surface area contributed by atoms with Gasteiger partial charge in [0.05, 0.1) is 13.2 Å². The minimum absolute atomic E-state index is 0.196. The second-order valence-electron chi connectivity index (χ2n) is 5.56. The van der Waals surface area contributed by atoms with E-state index in [2.05, 4.69) is 9.80 Å². The van der Waals surface area contributed by atoms with E-state index in [9.17, 15) is 4.79 Å². The average molecular weight is 270 g/mol. The highest BCUT2D eigenvalue weighted by molar-refractivity contribution is 5.78. The zero-order chi connectivity index (χ0) is 13.7. The van der Waals surface area contributed by atoms with Crippen LogP contribution in [0.4, 0.5) is 0 Å².